The zero-order valence-corrected chi connectivity index (χ0v) is 6.64. The first kappa shape index (κ1) is 7.99. The molecule has 1 aliphatic carbocycles. The Labute approximate surface area is 61.6 Å². The number of alkyl halides is 1. The SMILES string of the molecule is CC(C)OCC1CC(F)C1. The van der Waals surface area contributed by atoms with Crippen molar-refractivity contribution in [3.05, 3.63) is 0 Å². The highest BCUT2D eigenvalue weighted by molar-refractivity contribution is 4.78. The van der Waals surface area contributed by atoms with Gasteiger partial charge in [-0.3, -0.25) is 0 Å². The standard InChI is InChI=1S/C8H15FO/c1-6(2)10-5-7-3-8(9)4-7/h6-8H,3-5H2,1-2H3. The first-order chi connectivity index (χ1) is 4.68. The van der Waals surface area contributed by atoms with Crippen molar-refractivity contribution in [1.82, 2.24) is 0 Å². The largest absolute Gasteiger partial charge is 0.379 e. The molecule has 0 aliphatic heterocycles. The minimum absolute atomic E-state index is 0.290. The summed E-state index contributed by atoms with van der Waals surface area (Å²) in [6, 6.07) is 0. The first-order valence-corrected chi connectivity index (χ1v) is 3.94. The van der Waals surface area contributed by atoms with Crippen LogP contribution >= 0.6 is 0 Å². The Morgan fingerprint density at radius 1 is 1.50 bits per heavy atom. The summed E-state index contributed by atoms with van der Waals surface area (Å²) in [4.78, 5) is 0. The number of hydrogen-bond donors (Lipinski definition) is 0. The molecule has 0 unspecified atom stereocenters. The molecule has 0 radical (unpaired) electrons. The lowest BCUT2D eigenvalue weighted by Crippen LogP contribution is -2.29. The Hall–Kier alpha value is -0.110. The van der Waals surface area contributed by atoms with Crippen LogP contribution in [0.2, 0.25) is 0 Å². The summed E-state index contributed by atoms with van der Waals surface area (Å²) in [5, 5.41) is 0. The van der Waals surface area contributed by atoms with Gasteiger partial charge in [-0.1, -0.05) is 0 Å². The molecule has 0 spiro atoms. The normalized spacial score (nSPS) is 32.4. The van der Waals surface area contributed by atoms with Crippen molar-refractivity contribution in [2.75, 3.05) is 6.61 Å². The molecule has 60 valence electrons. The van der Waals surface area contributed by atoms with E-state index in [-0.39, 0.29) is 0 Å². The molecule has 0 aromatic carbocycles. The molecular weight excluding hydrogens is 131 g/mol. The quantitative estimate of drug-likeness (QED) is 0.593. The molecule has 2 heteroatoms. The van der Waals surface area contributed by atoms with E-state index in [2.05, 4.69) is 0 Å². The maximum Gasteiger partial charge on any atom is 0.101 e. The van der Waals surface area contributed by atoms with Crippen molar-refractivity contribution in [2.45, 2.75) is 39.0 Å². The summed E-state index contributed by atoms with van der Waals surface area (Å²) in [5.41, 5.74) is 0. The molecule has 1 saturated carbocycles. The van der Waals surface area contributed by atoms with Crippen LogP contribution in [0.4, 0.5) is 4.39 Å². The lowest BCUT2D eigenvalue weighted by atomic mass is 9.84. The predicted octanol–water partition coefficient (Wildman–Crippen LogP) is 2.16. The van der Waals surface area contributed by atoms with E-state index >= 15 is 0 Å². The lowest BCUT2D eigenvalue weighted by Gasteiger charge is -2.29. The van der Waals surface area contributed by atoms with Gasteiger partial charge in [-0.2, -0.15) is 0 Å². The summed E-state index contributed by atoms with van der Waals surface area (Å²) >= 11 is 0. The molecule has 0 aromatic heterocycles. The molecule has 1 rings (SSSR count). The molecule has 1 aliphatic rings. The topological polar surface area (TPSA) is 9.23 Å². The summed E-state index contributed by atoms with van der Waals surface area (Å²) in [6.45, 7) is 4.76. The zero-order valence-electron chi connectivity index (χ0n) is 6.64. The summed E-state index contributed by atoms with van der Waals surface area (Å²) in [7, 11) is 0. The van der Waals surface area contributed by atoms with Crippen LogP contribution in [0.3, 0.4) is 0 Å². The van der Waals surface area contributed by atoms with E-state index in [9.17, 15) is 4.39 Å². The minimum atomic E-state index is -0.541. The second kappa shape index (κ2) is 3.33. The maximum atomic E-state index is 12.2. The van der Waals surface area contributed by atoms with Crippen molar-refractivity contribution >= 4 is 0 Å². The van der Waals surface area contributed by atoms with Gasteiger partial charge < -0.3 is 4.74 Å². The van der Waals surface area contributed by atoms with Crippen molar-refractivity contribution in [1.29, 1.82) is 0 Å². The van der Waals surface area contributed by atoms with Gasteiger partial charge in [-0.05, 0) is 32.6 Å². The van der Waals surface area contributed by atoms with Crippen LogP contribution in [-0.2, 0) is 4.74 Å². The fraction of sp³-hybridized carbons (Fsp3) is 1.00. The average molecular weight is 146 g/mol. The second-order valence-corrected chi connectivity index (χ2v) is 3.32. The summed E-state index contributed by atoms with van der Waals surface area (Å²) < 4.78 is 17.6. The van der Waals surface area contributed by atoms with Gasteiger partial charge in [-0.15, -0.1) is 0 Å². The van der Waals surface area contributed by atoms with Gasteiger partial charge in [-0.25, -0.2) is 4.39 Å². The van der Waals surface area contributed by atoms with Crippen molar-refractivity contribution in [3.8, 4) is 0 Å². The molecule has 10 heavy (non-hydrogen) atoms. The number of halogens is 1. The predicted molar refractivity (Wildman–Crippen MR) is 38.7 cm³/mol. The van der Waals surface area contributed by atoms with Gasteiger partial charge in [0.2, 0.25) is 0 Å². The molecule has 0 saturated heterocycles. The first-order valence-electron chi connectivity index (χ1n) is 3.94. The Bertz CT molecular complexity index is 97.4. The minimum Gasteiger partial charge on any atom is -0.379 e. The fourth-order valence-electron chi connectivity index (χ4n) is 1.12. The molecule has 0 amide bonds. The van der Waals surface area contributed by atoms with Crippen LogP contribution in [0, 0.1) is 5.92 Å². The molecule has 1 fully saturated rings. The van der Waals surface area contributed by atoms with E-state index in [0.29, 0.717) is 24.9 Å². The van der Waals surface area contributed by atoms with Crippen molar-refractivity contribution in [2.24, 2.45) is 5.92 Å². The van der Waals surface area contributed by atoms with Gasteiger partial charge in [0.25, 0.3) is 0 Å². The van der Waals surface area contributed by atoms with E-state index < -0.39 is 6.17 Å². The van der Waals surface area contributed by atoms with Gasteiger partial charge >= 0.3 is 0 Å². The Kier molecular flexibility index (Phi) is 2.66. The highest BCUT2D eigenvalue weighted by Gasteiger charge is 2.28. The van der Waals surface area contributed by atoms with E-state index in [1.165, 1.54) is 0 Å². The van der Waals surface area contributed by atoms with Crippen molar-refractivity contribution in [3.63, 3.8) is 0 Å². The van der Waals surface area contributed by atoms with E-state index in [1.807, 2.05) is 13.8 Å². The van der Waals surface area contributed by atoms with Crippen LogP contribution < -0.4 is 0 Å². The third-order valence-electron chi connectivity index (χ3n) is 1.84. The zero-order chi connectivity index (χ0) is 7.56. The smallest absolute Gasteiger partial charge is 0.101 e. The number of ether oxygens (including phenoxy) is 1. The van der Waals surface area contributed by atoms with E-state index in [1.54, 1.807) is 0 Å². The average Bonchev–Trinajstić information content (AvgIpc) is 1.77. The molecule has 0 N–H and O–H groups in total. The van der Waals surface area contributed by atoms with Gasteiger partial charge in [0.15, 0.2) is 0 Å². The van der Waals surface area contributed by atoms with Crippen molar-refractivity contribution < 1.29 is 9.13 Å². The number of hydrogen-bond acceptors (Lipinski definition) is 1. The molecule has 0 bridgehead atoms. The Morgan fingerprint density at radius 3 is 2.50 bits per heavy atom. The Morgan fingerprint density at radius 2 is 2.10 bits per heavy atom. The van der Waals surface area contributed by atoms with Gasteiger partial charge in [0.05, 0.1) is 6.10 Å². The Balaban J connectivity index is 1.95. The third kappa shape index (κ3) is 2.25. The van der Waals surface area contributed by atoms with E-state index in [4.69, 9.17) is 4.74 Å². The second-order valence-electron chi connectivity index (χ2n) is 3.32. The molecule has 0 atom stereocenters. The maximum absolute atomic E-state index is 12.2. The van der Waals surface area contributed by atoms with Crippen LogP contribution in [0.15, 0.2) is 0 Å². The molecule has 0 heterocycles. The highest BCUT2D eigenvalue weighted by atomic mass is 19.1. The lowest BCUT2D eigenvalue weighted by molar-refractivity contribution is 0.00145. The van der Waals surface area contributed by atoms with Gasteiger partial charge in [0.1, 0.15) is 6.17 Å². The number of rotatable bonds is 3. The third-order valence-corrected chi connectivity index (χ3v) is 1.84. The van der Waals surface area contributed by atoms with E-state index in [0.717, 1.165) is 6.61 Å². The molecule has 1 nitrogen and oxygen atoms in total. The van der Waals surface area contributed by atoms with Gasteiger partial charge in [0, 0.05) is 6.61 Å². The molecular formula is C8H15FO. The summed E-state index contributed by atoms with van der Waals surface area (Å²) in [5.74, 6) is 0.498. The van der Waals surface area contributed by atoms with Crippen LogP contribution in [0.1, 0.15) is 26.7 Å². The fourth-order valence-corrected chi connectivity index (χ4v) is 1.12. The summed E-state index contributed by atoms with van der Waals surface area (Å²) in [6.07, 6.45) is 1.18. The monoisotopic (exact) mass is 146 g/mol. The van der Waals surface area contributed by atoms with Crippen LogP contribution in [0.25, 0.3) is 0 Å². The molecule has 0 aromatic rings. The van der Waals surface area contributed by atoms with Crippen LogP contribution in [-0.4, -0.2) is 18.9 Å². The van der Waals surface area contributed by atoms with Crippen LogP contribution in [0.5, 0.6) is 0 Å². The highest BCUT2D eigenvalue weighted by Crippen LogP contribution is 2.30.